The maximum absolute atomic E-state index is 11.3. The van der Waals surface area contributed by atoms with E-state index in [1.807, 2.05) is 42.5 Å². The fourth-order valence-electron chi connectivity index (χ4n) is 1.54. The number of hydrogen-bond donors (Lipinski definition) is 0. The standard InChI is InChI=1S/C14H14O3S/c1-2-18(15,16)17-14-10-8-13(9-11-14)12-6-4-3-5-7-12/h3-11H,2H2,1H3. The van der Waals surface area contributed by atoms with Crippen LogP contribution < -0.4 is 4.18 Å². The average Bonchev–Trinajstić information content (AvgIpc) is 2.40. The van der Waals surface area contributed by atoms with Crippen molar-refractivity contribution in [3.63, 3.8) is 0 Å². The number of hydrogen-bond acceptors (Lipinski definition) is 3. The third-order valence-corrected chi connectivity index (χ3v) is 3.69. The maximum atomic E-state index is 11.3. The predicted molar refractivity (Wildman–Crippen MR) is 72.0 cm³/mol. The Bertz CT molecular complexity index is 601. The van der Waals surface area contributed by atoms with Crippen LogP contribution in [0, 0.1) is 0 Å². The van der Waals surface area contributed by atoms with Gasteiger partial charge in [-0.2, -0.15) is 8.42 Å². The summed E-state index contributed by atoms with van der Waals surface area (Å²) >= 11 is 0. The lowest BCUT2D eigenvalue weighted by Gasteiger charge is -2.06. The second kappa shape index (κ2) is 5.23. The molecule has 0 fully saturated rings. The minimum Gasteiger partial charge on any atom is -0.382 e. The average molecular weight is 262 g/mol. The van der Waals surface area contributed by atoms with Crippen LogP contribution in [-0.2, 0) is 10.1 Å². The third kappa shape index (κ3) is 3.11. The summed E-state index contributed by atoms with van der Waals surface area (Å²) in [5.74, 6) is 0.310. The summed E-state index contributed by atoms with van der Waals surface area (Å²) in [4.78, 5) is 0. The van der Waals surface area contributed by atoms with E-state index in [-0.39, 0.29) is 5.75 Å². The summed E-state index contributed by atoms with van der Waals surface area (Å²) in [6.45, 7) is 1.55. The van der Waals surface area contributed by atoms with E-state index < -0.39 is 10.1 Å². The molecule has 0 aliphatic rings. The molecule has 3 nitrogen and oxygen atoms in total. The van der Waals surface area contributed by atoms with Crippen LogP contribution in [0.3, 0.4) is 0 Å². The van der Waals surface area contributed by atoms with Crippen molar-refractivity contribution >= 4 is 10.1 Å². The molecule has 4 heteroatoms. The van der Waals surface area contributed by atoms with Crippen molar-refractivity contribution in [2.24, 2.45) is 0 Å². The van der Waals surface area contributed by atoms with E-state index in [1.165, 1.54) is 0 Å². The summed E-state index contributed by atoms with van der Waals surface area (Å²) in [7, 11) is -3.45. The van der Waals surface area contributed by atoms with E-state index in [4.69, 9.17) is 4.18 Å². The van der Waals surface area contributed by atoms with Crippen LogP contribution in [0.15, 0.2) is 54.6 Å². The van der Waals surface area contributed by atoms with Crippen LogP contribution in [0.2, 0.25) is 0 Å². The largest absolute Gasteiger partial charge is 0.382 e. The quantitative estimate of drug-likeness (QED) is 0.795. The Morgan fingerprint density at radius 2 is 1.44 bits per heavy atom. The van der Waals surface area contributed by atoms with Crippen molar-refractivity contribution in [3.8, 4) is 16.9 Å². The molecule has 0 N–H and O–H groups in total. The topological polar surface area (TPSA) is 43.4 Å². The zero-order valence-electron chi connectivity index (χ0n) is 10.0. The second-order valence-corrected chi connectivity index (χ2v) is 5.68. The fourth-order valence-corrected chi connectivity index (χ4v) is 2.06. The van der Waals surface area contributed by atoms with Crippen molar-refractivity contribution in [2.75, 3.05) is 5.75 Å². The van der Waals surface area contributed by atoms with Crippen LogP contribution in [0.4, 0.5) is 0 Å². The molecular weight excluding hydrogens is 248 g/mol. The number of benzene rings is 2. The van der Waals surface area contributed by atoms with Crippen molar-refractivity contribution < 1.29 is 12.6 Å². The molecule has 0 saturated carbocycles. The molecule has 94 valence electrons. The van der Waals surface area contributed by atoms with Gasteiger partial charge in [-0.15, -0.1) is 0 Å². The Balaban J connectivity index is 2.21. The van der Waals surface area contributed by atoms with E-state index in [0.29, 0.717) is 5.75 Å². The fraction of sp³-hybridized carbons (Fsp3) is 0.143. The highest BCUT2D eigenvalue weighted by atomic mass is 32.2. The van der Waals surface area contributed by atoms with Gasteiger partial charge >= 0.3 is 10.1 Å². The number of rotatable bonds is 4. The Morgan fingerprint density at radius 3 is 2.00 bits per heavy atom. The van der Waals surface area contributed by atoms with Gasteiger partial charge in [-0.3, -0.25) is 0 Å². The van der Waals surface area contributed by atoms with E-state index in [2.05, 4.69) is 0 Å². The summed E-state index contributed by atoms with van der Waals surface area (Å²) in [6.07, 6.45) is 0. The van der Waals surface area contributed by atoms with Gasteiger partial charge in [0, 0.05) is 0 Å². The zero-order valence-corrected chi connectivity index (χ0v) is 10.9. The molecule has 0 amide bonds. The van der Waals surface area contributed by atoms with E-state index >= 15 is 0 Å². The van der Waals surface area contributed by atoms with Crippen LogP contribution in [0.25, 0.3) is 11.1 Å². The monoisotopic (exact) mass is 262 g/mol. The normalized spacial score (nSPS) is 11.2. The molecule has 0 spiro atoms. The molecule has 18 heavy (non-hydrogen) atoms. The first-order valence-corrected chi connectivity index (χ1v) is 7.26. The molecule has 2 rings (SSSR count). The molecule has 0 radical (unpaired) electrons. The van der Waals surface area contributed by atoms with E-state index in [0.717, 1.165) is 11.1 Å². The molecule has 0 bridgehead atoms. The molecule has 2 aromatic carbocycles. The lowest BCUT2D eigenvalue weighted by molar-refractivity contribution is 0.487. The lowest BCUT2D eigenvalue weighted by Crippen LogP contribution is -2.11. The van der Waals surface area contributed by atoms with Crippen LogP contribution in [-0.4, -0.2) is 14.2 Å². The van der Waals surface area contributed by atoms with Gasteiger partial charge in [0.2, 0.25) is 0 Å². The minimum absolute atomic E-state index is 0.0343. The van der Waals surface area contributed by atoms with Crippen LogP contribution >= 0.6 is 0 Å². The molecule has 0 aliphatic carbocycles. The molecule has 0 aliphatic heterocycles. The Labute approximate surface area is 107 Å². The molecule has 0 atom stereocenters. The Kier molecular flexibility index (Phi) is 3.67. The summed E-state index contributed by atoms with van der Waals surface area (Å²) in [6, 6.07) is 16.9. The van der Waals surface area contributed by atoms with Gasteiger partial charge in [0.25, 0.3) is 0 Å². The highest BCUT2D eigenvalue weighted by molar-refractivity contribution is 7.87. The first-order chi connectivity index (χ1) is 8.61. The molecule has 0 saturated heterocycles. The van der Waals surface area contributed by atoms with Gasteiger partial charge < -0.3 is 4.18 Å². The van der Waals surface area contributed by atoms with Crippen molar-refractivity contribution in [1.82, 2.24) is 0 Å². The first-order valence-electron chi connectivity index (χ1n) is 5.68. The minimum atomic E-state index is -3.45. The smallest absolute Gasteiger partial charge is 0.308 e. The molecule has 0 aromatic heterocycles. The van der Waals surface area contributed by atoms with Crippen molar-refractivity contribution in [1.29, 1.82) is 0 Å². The van der Waals surface area contributed by atoms with Gasteiger partial charge in [-0.25, -0.2) is 0 Å². The Morgan fingerprint density at radius 1 is 0.889 bits per heavy atom. The maximum Gasteiger partial charge on any atom is 0.308 e. The van der Waals surface area contributed by atoms with Gasteiger partial charge in [0.15, 0.2) is 0 Å². The van der Waals surface area contributed by atoms with E-state index in [9.17, 15) is 8.42 Å². The van der Waals surface area contributed by atoms with E-state index in [1.54, 1.807) is 19.1 Å². The summed E-state index contributed by atoms with van der Waals surface area (Å²) in [5.41, 5.74) is 2.11. The molecule has 2 aromatic rings. The Hall–Kier alpha value is -1.81. The molecule has 0 heterocycles. The van der Waals surface area contributed by atoms with Gasteiger partial charge in [0.1, 0.15) is 5.75 Å². The lowest BCUT2D eigenvalue weighted by atomic mass is 10.1. The van der Waals surface area contributed by atoms with Gasteiger partial charge in [-0.05, 0) is 30.2 Å². The molecule has 0 unspecified atom stereocenters. The third-order valence-electron chi connectivity index (χ3n) is 2.54. The van der Waals surface area contributed by atoms with Crippen LogP contribution in [0.5, 0.6) is 5.75 Å². The second-order valence-electron chi connectivity index (χ2n) is 3.82. The highest BCUT2D eigenvalue weighted by Gasteiger charge is 2.08. The predicted octanol–water partition coefficient (Wildman–Crippen LogP) is 3.08. The van der Waals surface area contributed by atoms with Gasteiger partial charge in [0.05, 0.1) is 5.75 Å². The highest BCUT2D eigenvalue weighted by Crippen LogP contribution is 2.22. The summed E-state index contributed by atoms with van der Waals surface area (Å²) < 4.78 is 27.5. The van der Waals surface area contributed by atoms with Crippen molar-refractivity contribution in [2.45, 2.75) is 6.92 Å². The molecular formula is C14H14O3S. The summed E-state index contributed by atoms with van der Waals surface area (Å²) in [5, 5.41) is 0. The SMILES string of the molecule is CCS(=O)(=O)Oc1ccc(-c2ccccc2)cc1. The zero-order chi connectivity index (χ0) is 13.0. The van der Waals surface area contributed by atoms with Crippen LogP contribution in [0.1, 0.15) is 6.92 Å². The van der Waals surface area contributed by atoms with Crippen molar-refractivity contribution in [3.05, 3.63) is 54.6 Å². The van der Waals surface area contributed by atoms with Gasteiger partial charge in [-0.1, -0.05) is 42.5 Å². The first kappa shape index (κ1) is 12.6.